The van der Waals surface area contributed by atoms with Gasteiger partial charge in [0.2, 0.25) is 0 Å². The molecule has 0 radical (unpaired) electrons. The van der Waals surface area contributed by atoms with Crippen molar-refractivity contribution in [3.05, 3.63) is 35.0 Å². The Morgan fingerprint density at radius 3 is 2.65 bits per heavy atom. The van der Waals surface area contributed by atoms with Crippen LogP contribution in [0.3, 0.4) is 0 Å². The fourth-order valence-corrected chi connectivity index (χ4v) is 4.55. The van der Waals surface area contributed by atoms with E-state index in [1.54, 1.807) is 0 Å². The quantitative estimate of drug-likeness (QED) is 0.843. The number of aromatic nitrogens is 1. The van der Waals surface area contributed by atoms with E-state index in [1.165, 1.54) is 41.4 Å². The van der Waals surface area contributed by atoms with Crippen molar-refractivity contribution in [1.82, 2.24) is 9.88 Å². The summed E-state index contributed by atoms with van der Waals surface area (Å²) in [6.07, 6.45) is 6.06. The molecule has 4 rings (SSSR count). The van der Waals surface area contributed by atoms with Crippen LogP contribution in [-0.4, -0.2) is 28.9 Å². The Balaban J connectivity index is 1.67. The average Bonchev–Trinajstić information content (AvgIpc) is 2.91. The maximum atomic E-state index is 12.9. The Kier molecular flexibility index (Phi) is 3.67. The van der Waals surface area contributed by atoms with E-state index >= 15 is 0 Å². The number of hydrogen-bond donors (Lipinski definition) is 1. The highest BCUT2D eigenvalue weighted by Gasteiger charge is 2.26. The summed E-state index contributed by atoms with van der Waals surface area (Å²) < 4.78 is 0. The van der Waals surface area contributed by atoms with Gasteiger partial charge in [0.25, 0.3) is 5.91 Å². The van der Waals surface area contributed by atoms with Gasteiger partial charge in [0, 0.05) is 35.2 Å². The second kappa shape index (κ2) is 5.70. The zero-order chi connectivity index (χ0) is 16.0. The molecular weight excluding hydrogens is 284 g/mol. The number of nitrogens with one attached hydrogen (secondary N) is 1. The molecule has 122 valence electrons. The summed E-state index contributed by atoms with van der Waals surface area (Å²) in [7, 11) is 0. The van der Waals surface area contributed by atoms with Crippen molar-refractivity contribution in [2.75, 3.05) is 13.1 Å². The number of H-pyrrole nitrogens is 1. The van der Waals surface area contributed by atoms with E-state index in [9.17, 15) is 4.79 Å². The third-order valence-corrected chi connectivity index (χ3v) is 5.50. The Morgan fingerprint density at radius 1 is 1.13 bits per heavy atom. The average molecular weight is 310 g/mol. The molecule has 0 bridgehead atoms. The van der Waals surface area contributed by atoms with Gasteiger partial charge in [0.05, 0.1) is 0 Å². The van der Waals surface area contributed by atoms with E-state index in [0.717, 1.165) is 31.5 Å². The predicted octanol–water partition coefficient (Wildman–Crippen LogP) is 4.16. The molecule has 1 saturated heterocycles. The molecule has 2 aromatic rings. The van der Waals surface area contributed by atoms with E-state index in [4.69, 9.17) is 0 Å². The standard InChI is InChI=1S/C20H26N2O/c1-13-9-14(2)12-22(11-13)20(23)15-7-8-19-17(10-15)16-5-3-4-6-18(16)21-19/h7-8,10,13-14,21H,3-6,9,11-12H2,1-2H3/t13-,14-/m0/s1. The summed E-state index contributed by atoms with van der Waals surface area (Å²) in [4.78, 5) is 18.5. The van der Waals surface area contributed by atoms with Crippen LogP contribution in [0.25, 0.3) is 10.9 Å². The molecule has 0 spiro atoms. The van der Waals surface area contributed by atoms with Crippen LogP contribution in [0, 0.1) is 11.8 Å². The highest BCUT2D eigenvalue weighted by molar-refractivity contribution is 5.99. The van der Waals surface area contributed by atoms with Gasteiger partial charge in [-0.25, -0.2) is 0 Å². The summed E-state index contributed by atoms with van der Waals surface area (Å²) in [5.41, 5.74) is 4.87. The van der Waals surface area contributed by atoms with Crippen molar-refractivity contribution in [2.45, 2.75) is 46.0 Å². The Labute approximate surface area is 138 Å². The first-order valence-electron chi connectivity index (χ1n) is 9.04. The van der Waals surface area contributed by atoms with Crippen LogP contribution in [0.2, 0.25) is 0 Å². The van der Waals surface area contributed by atoms with Crippen LogP contribution in [0.1, 0.15) is 54.7 Å². The van der Waals surface area contributed by atoms with Gasteiger partial charge in [-0.3, -0.25) is 4.79 Å². The first-order valence-corrected chi connectivity index (χ1v) is 9.04. The smallest absolute Gasteiger partial charge is 0.253 e. The summed E-state index contributed by atoms with van der Waals surface area (Å²) in [5.74, 6) is 1.41. The molecule has 1 aromatic carbocycles. The number of carbonyl (C=O) groups is 1. The molecule has 2 aliphatic rings. The van der Waals surface area contributed by atoms with Gasteiger partial charge < -0.3 is 9.88 Å². The zero-order valence-electron chi connectivity index (χ0n) is 14.2. The summed E-state index contributed by atoms with van der Waals surface area (Å²) in [6.45, 7) is 6.29. The number of likely N-dealkylation sites (tertiary alicyclic amines) is 1. The van der Waals surface area contributed by atoms with Gasteiger partial charge in [-0.05, 0) is 67.7 Å². The molecule has 1 aromatic heterocycles. The largest absolute Gasteiger partial charge is 0.358 e. The van der Waals surface area contributed by atoms with Crippen LogP contribution in [0.15, 0.2) is 18.2 Å². The number of carbonyl (C=O) groups excluding carboxylic acids is 1. The maximum Gasteiger partial charge on any atom is 0.253 e. The maximum absolute atomic E-state index is 12.9. The number of rotatable bonds is 1. The number of amides is 1. The van der Waals surface area contributed by atoms with Crippen LogP contribution < -0.4 is 0 Å². The minimum Gasteiger partial charge on any atom is -0.358 e. The summed E-state index contributed by atoms with van der Waals surface area (Å²) >= 11 is 0. The summed E-state index contributed by atoms with van der Waals surface area (Å²) in [5, 5.41) is 1.27. The van der Waals surface area contributed by atoms with Gasteiger partial charge in [-0.1, -0.05) is 13.8 Å². The molecule has 1 fully saturated rings. The van der Waals surface area contributed by atoms with Gasteiger partial charge >= 0.3 is 0 Å². The highest BCUT2D eigenvalue weighted by atomic mass is 16.2. The zero-order valence-corrected chi connectivity index (χ0v) is 14.2. The van der Waals surface area contributed by atoms with Crippen molar-refractivity contribution in [2.24, 2.45) is 11.8 Å². The number of benzene rings is 1. The second-order valence-corrected chi connectivity index (χ2v) is 7.71. The van der Waals surface area contributed by atoms with Gasteiger partial charge in [-0.15, -0.1) is 0 Å². The van der Waals surface area contributed by atoms with Crippen molar-refractivity contribution in [1.29, 1.82) is 0 Å². The lowest BCUT2D eigenvalue weighted by molar-refractivity contribution is 0.0623. The fraction of sp³-hybridized carbons (Fsp3) is 0.550. The molecule has 1 aliphatic carbocycles. The van der Waals surface area contributed by atoms with Gasteiger partial charge in [-0.2, -0.15) is 0 Å². The van der Waals surface area contributed by atoms with Crippen molar-refractivity contribution in [3.63, 3.8) is 0 Å². The molecule has 0 unspecified atom stereocenters. The number of piperidine rings is 1. The number of aryl methyl sites for hydroxylation is 2. The Bertz CT molecular complexity index is 735. The highest BCUT2D eigenvalue weighted by Crippen LogP contribution is 2.30. The van der Waals surface area contributed by atoms with E-state index in [1.807, 2.05) is 6.07 Å². The lowest BCUT2D eigenvalue weighted by Crippen LogP contribution is -2.42. The van der Waals surface area contributed by atoms with E-state index < -0.39 is 0 Å². The molecule has 23 heavy (non-hydrogen) atoms. The number of aromatic amines is 1. The Morgan fingerprint density at radius 2 is 1.87 bits per heavy atom. The lowest BCUT2D eigenvalue weighted by Gasteiger charge is -2.35. The molecule has 3 nitrogen and oxygen atoms in total. The van der Waals surface area contributed by atoms with E-state index in [2.05, 4.69) is 35.9 Å². The SMILES string of the molecule is C[C@H]1C[C@H](C)CN(C(=O)c2ccc3[nH]c4c(c3c2)CCCC4)C1. The Hall–Kier alpha value is -1.77. The fourth-order valence-electron chi connectivity index (χ4n) is 4.55. The van der Waals surface area contributed by atoms with Crippen LogP contribution >= 0.6 is 0 Å². The molecule has 2 atom stereocenters. The first kappa shape index (κ1) is 14.8. The van der Waals surface area contributed by atoms with Crippen molar-refractivity contribution < 1.29 is 4.79 Å². The molecule has 1 N–H and O–H groups in total. The van der Waals surface area contributed by atoms with Crippen molar-refractivity contribution in [3.8, 4) is 0 Å². The third kappa shape index (κ3) is 2.66. The van der Waals surface area contributed by atoms with Gasteiger partial charge in [0.1, 0.15) is 0 Å². The number of fused-ring (bicyclic) bond motifs is 3. The number of nitrogens with zero attached hydrogens (tertiary/aromatic N) is 1. The van der Waals surface area contributed by atoms with E-state index in [0.29, 0.717) is 11.8 Å². The molecule has 3 heteroatoms. The number of hydrogen-bond acceptors (Lipinski definition) is 1. The first-order chi connectivity index (χ1) is 11.1. The van der Waals surface area contributed by atoms with Crippen LogP contribution in [0.4, 0.5) is 0 Å². The third-order valence-electron chi connectivity index (χ3n) is 5.50. The predicted molar refractivity (Wildman–Crippen MR) is 93.8 cm³/mol. The molecule has 1 aliphatic heterocycles. The monoisotopic (exact) mass is 310 g/mol. The van der Waals surface area contributed by atoms with Crippen LogP contribution in [-0.2, 0) is 12.8 Å². The molecule has 1 amide bonds. The molecular formula is C20H26N2O. The normalized spacial score (nSPS) is 24.7. The summed E-state index contributed by atoms with van der Waals surface area (Å²) in [6, 6.07) is 6.22. The lowest BCUT2D eigenvalue weighted by atomic mass is 9.91. The molecule has 0 saturated carbocycles. The van der Waals surface area contributed by atoms with Gasteiger partial charge in [0.15, 0.2) is 0 Å². The second-order valence-electron chi connectivity index (χ2n) is 7.71. The minimum absolute atomic E-state index is 0.205. The molecule has 2 heterocycles. The topological polar surface area (TPSA) is 36.1 Å². The van der Waals surface area contributed by atoms with E-state index in [-0.39, 0.29) is 5.91 Å². The minimum atomic E-state index is 0.205. The van der Waals surface area contributed by atoms with Crippen molar-refractivity contribution >= 4 is 16.8 Å². The van der Waals surface area contributed by atoms with Crippen LogP contribution in [0.5, 0.6) is 0 Å².